The van der Waals surface area contributed by atoms with Crippen LogP contribution in [-0.4, -0.2) is 54.2 Å². The minimum Gasteiger partial charge on any atom is -0.444 e. The van der Waals surface area contributed by atoms with Crippen LogP contribution < -0.4 is 10.6 Å². The molecule has 1 aliphatic heterocycles. The fourth-order valence-corrected chi connectivity index (χ4v) is 3.13. The number of hydrogen-bond donors (Lipinski definition) is 2. The fraction of sp³-hybridized carbons (Fsp3) is 0.600. The summed E-state index contributed by atoms with van der Waals surface area (Å²) in [6.07, 6.45) is -1.08. The molecule has 2 atom stereocenters. The molecule has 1 saturated heterocycles. The Morgan fingerprint density at radius 1 is 1.24 bits per heavy atom. The topological polar surface area (TPSA) is 70.7 Å². The molecule has 0 spiro atoms. The van der Waals surface area contributed by atoms with Gasteiger partial charge >= 0.3 is 6.09 Å². The van der Waals surface area contributed by atoms with Crippen LogP contribution in [0.15, 0.2) is 12.1 Å². The van der Waals surface area contributed by atoms with Gasteiger partial charge in [-0.25, -0.2) is 18.0 Å². The number of carbonyl (C=O) groups is 2. The van der Waals surface area contributed by atoms with E-state index in [0.29, 0.717) is 25.7 Å². The van der Waals surface area contributed by atoms with E-state index in [4.69, 9.17) is 4.74 Å². The van der Waals surface area contributed by atoms with Crippen LogP contribution in [0.3, 0.4) is 0 Å². The summed E-state index contributed by atoms with van der Waals surface area (Å²) < 4.78 is 46.1. The highest BCUT2D eigenvalue weighted by Gasteiger charge is 2.27. The second-order valence-corrected chi connectivity index (χ2v) is 8.30. The Labute approximate surface area is 168 Å². The van der Waals surface area contributed by atoms with Crippen molar-refractivity contribution in [3.8, 4) is 0 Å². The number of halogens is 3. The zero-order chi connectivity index (χ0) is 21.8. The highest BCUT2D eigenvalue weighted by atomic mass is 19.2. The molecule has 0 unspecified atom stereocenters. The van der Waals surface area contributed by atoms with Crippen LogP contribution >= 0.6 is 0 Å². The van der Waals surface area contributed by atoms with Gasteiger partial charge in [0.05, 0.1) is 0 Å². The normalized spacial score (nSPS) is 18.3. The van der Waals surface area contributed by atoms with Crippen molar-refractivity contribution in [3.05, 3.63) is 35.1 Å². The van der Waals surface area contributed by atoms with Crippen molar-refractivity contribution in [1.29, 1.82) is 0 Å². The molecule has 2 amide bonds. The fourth-order valence-electron chi connectivity index (χ4n) is 3.13. The molecule has 1 heterocycles. The van der Waals surface area contributed by atoms with Crippen molar-refractivity contribution in [2.75, 3.05) is 19.6 Å². The van der Waals surface area contributed by atoms with Gasteiger partial charge in [-0.3, -0.25) is 4.79 Å². The Balaban J connectivity index is 2.15. The highest BCUT2D eigenvalue weighted by Crippen LogP contribution is 2.18. The first kappa shape index (κ1) is 23.0. The van der Waals surface area contributed by atoms with Gasteiger partial charge in [-0.1, -0.05) is 0 Å². The van der Waals surface area contributed by atoms with Crippen molar-refractivity contribution in [3.63, 3.8) is 0 Å². The van der Waals surface area contributed by atoms with Crippen LogP contribution in [0.5, 0.6) is 0 Å². The Morgan fingerprint density at radius 2 is 1.90 bits per heavy atom. The van der Waals surface area contributed by atoms with Crippen molar-refractivity contribution in [2.45, 2.75) is 58.2 Å². The zero-order valence-electron chi connectivity index (χ0n) is 17.2. The molecule has 6 nitrogen and oxygen atoms in total. The molecule has 1 aliphatic rings. The lowest BCUT2D eigenvalue weighted by atomic mass is 10.0. The predicted octanol–water partition coefficient (Wildman–Crippen LogP) is 2.75. The maximum Gasteiger partial charge on any atom is 0.407 e. The first-order chi connectivity index (χ1) is 13.4. The number of amides is 2. The SMILES string of the molecule is C[C@H]1CN(C(=O)C[C@@H](Cc2cc(F)c(F)cc2F)NC(=O)OC(C)(C)C)CCN1. The molecule has 1 fully saturated rings. The van der Waals surface area contributed by atoms with Gasteiger partial charge < -0.3 is 20.3 Å². The molecule has 9 heteroatoms. The maximum atomic E-state index is 14.1. The highest BCUT2D eigenvalue weighted by molar-refractivity contribution is 5.78. The van der Waals surface area contributed by atoms with Gasteiger partial charge in [0.1, 0.15) is 11.4 Å². The van der Waals surface area contributed by atoms with Crippen LogP contribution in [0.1, 0.15) is 39.7 Å². The van der Waals surface area contributed by atoms with Gasteiger partial charge in [0.25, 0.3) is 0 Å². The lowest BCUT2D eigenvalue weighted by molar-refractivity contribution is -0.132. The predicted molar refractivity (Wildman–Crippen MR) is 102 cm³/mol. The van der Waals surface area contributed by atoms with Crippen molar-refractivity contribution < 1.29 is 27.5 Å². The van der Waals surface area contributed by atoms with Crippen LogP contribution in [0.4, 0.5) is 18.0 Å². The number of hydrogen-bond acceptors (Lipinski definition) is 4. The third-order valence-electron chi connectivity index (χ3n) is 4.42. The van der Waals surface area contributed by atoms with E-state index in [-0.39, 0.29) is 30.4 Å². The quantitative estimate of drug-likeness (QED) is 0.726. The van der Waals surface area contributed by atoms with Gasteiger partial charge in [0, 0.05) is 44.2 Å². The molecule has 29 heavy (non-hydrogen) atoms. The van der Waals surface area contributed by atoms with Crippen LogP contribution in [-0.2, 0) is 16.0 Å². The average molecular weight is 415 g/mol. The molecule has 0 radical (unpaired) electrons. The molecule has 1 aromatic carbocycles. The summed E-state index contributed by atoms with van der Waals surface area (Å²) in [5.41, 5.74) is -0.897. The Hall–Kier alpha value is -2.29. The molecule has 2 N–H and O–H groups in total. The van der Waals surface area contributed by atoms with Gasteiger partial charge in [-0.05, 0) is 45.7 Å². The molecule has 0 bridgehead atoms. The second-order valence-electron chi connectivity index (χ2n) is 8.30. The summed E-state index contributed by atoms with van der Waals surface area (Å²) in [5, 5.41) is 5.78. The number of ether oxygens (including phenoxy) is 1. The third-order valence-corrected chi connectivity index (χ3v) is 4.42. The van der Waals surface area contributed by atoms with E-state index in [0.717, 1.165) is 6.07 Å². The van der Waals surface area contributed by atoms with E-state index in [9.17, 15) is 22.8 Å². The zero-order valence-corrected chi connectivity index (χ0v) is 17.2. The lowest BCUT2D eigenvalue weighted by Crippen LogP contribution is -2.52. The first-order valence-electron chi connectivity index (χ1n) is 9.58. The molecule has 0 aromatic heterocycles. The third kappa shape index (κ3) is 7.23. The number of nitrogens with zero attached hydrogens (tertiary/aromatic N) is 1. The number of benzene rings is 1. The summed E-state index contributed by atoms with van der Waals surface area (Å²) >= 11 is 0. The standard InChI is InChI=1S/C20H28F3N3O3/c1-12-11-26(6-5-24-12)18(27)9-14(25-19(28)29-20(2,3)4)7-13-8-16(22)17(23)10-15(13)21/h8,10,12,14,24H,5-7,9,11H2,1-4H3,(H,25,28)/t12-,14+/m0/s1. The Morgan fingerprint density at radius 3 is 2.52 bits per heavy atom. The number of alkyl carbamates (subject to hydrolysis) is 1. The van der Waals surface area contributed by atoms with Crippen LogP contribution in [0.25, 0.3) is 0 Å². The monoisotopic (exact) mass is 415 g/mol. The average Bonchev–Trinajstić information content (AvgIpc) is 2.57. The summed E-state index contributed by atoms with van der Waals surface area (Å²) in [4.78, 5) is 26.5. The van der Waals surface area contributed by atoms with Crippen LogP contribution in [0, 0.1) is 17.5 Å². The number of rotatable bonds is 5. The summed E-state index contributed by atoms with van der Waals surface area (Å²) in [5.74, 6) is -3.65. The molecular weight excluding hydrogens is 387 g/mol. The molecule has 2 rings (SSSR count). The van der Waals surface area contributed by atoms with Gasteiger partial charge in [-0.15, -0.1) is 0 Å². The van der Waals surface area contributed by atoms with Crippen molar-refractivity contribution in [2.24, 2.45) is 0 Å². The minimum atomic E-state index is -1.30. The van der Waals surface area contributed by atoms with Crippen molar-refractivity contribution >= 4 is 12.0 Å². The van der Waals surface area contributed by atoms with Gasteiger partial charge in [-0.2, -0.15) is 0 Å². The second kappa shape index (κ2) is 9.47. The van der Waals surface area contributed by atoms with E-state index in [1.54, 1.807) is 25.7 Å². The summed E-state index contributed by atoms with van der Waals surface area (Å²) in [7, 11) is 0. The Bertz CT molecular complexity index is 752. The van der Waals surface area contributed by atoms with Gasteiger partial charge in [0.15, 0.2) is 11.6 Å². The number of carbonyl (C=O) groups excluding carboxylic acids is 2. The minimum absolute atomic E-state index is 0.121. The molecule has 0 saturated carbocycles. The van der Waals surface area contributed by atoms with E-state index in [1.165, 1.54) is 0 Å². The number of piperazine rings is 1. The van der Waals surface area contributed by atoms with E-state index in [1.807, 2.05) is 6.92 Å². The number of nitrogens with one attached hydrogen (secondary N) is 2. The van der Waals surface area contributed by atoms with E-state index < -0.39 is 35.2 Å². The molecular formula is C20H28F3N3O3. The van der Waals surface area contributed by atoms with Gasteiger partial charge in [0.2, 0.25) is 5.91 Å². The largest absolute Gasteiger partial charge is 0.444 e. The van der Waals surface area contributed by atoms with Crippen molar-refractivity contribution in [1.82, 2.24) is 15.5 Å². The molecule has 0 aliphatic carbocycles. The summed E-state index contributed by atoms with van der Waals surface area (Å²) in [6, 6.07) is 0.483. The smallest absolute Gasteiger partial charge is 0.407 e. The maximum absolute atomic E-state index is 14.1. The lowest BCUT2D eigenvalue weighted by Gasteiger charge is -2.33. The molecule has 162 valence electrons. The first-order valence-corrected chi connectivity index (χ1v) is 9.58. The summed E-state index contributed by atoms with van der Waals surface area (Å²) in [6.45, 7) is 8.68. The Kier molecular flexibility index (Phi) is 7.51. The molecule has 1 aromatic rings. The van der Waals surface area contributed by atoms with E-state index in [2.05, 4.69) is 10.6 Å². The van der Waals surface area contributed by atoms with E-state index >= 15 is 0 Å². The van der Waals surface area contributed by atoms with Crippen LogP contribution in [0.2, 0.25) is 0 Å².